The van der Waals surface area contributed by atoms with Gasteiger partial charge in [0.05, 0.1) is 5.92 Å². The summed E-state index contributed by atoms with van der Waals surface area (Å²) in [7, 11) is 0. The zero-order chi connectivity index (χ0) is 18.9. The molecule has 0 N–H and O–H groups in total. The fourth-order valence-corrected chi connectivity index (χ4v) is 3.87. The van der Waals surface area contributed by atoms with Crippen LogP contribution in [0.4, 0.5) is 0 Å². The van der Waals surface area contributed by atoms with Gasteiger partial charge in [-0.1, -0.05) is 76.9 Å². The predicted octanol–water partition coefficient (Wildman–Crippen LogP) is 7.35. The molecule has 0 aliphatic heterocycles. The third-order valence-corrected chi connectivity index (χ3v) is 5.63. The monoisotopic (exact) mass is 362 g/mol. The van der Waals surface area contributed by atoms with E-state index in [0.717, 1.165) is 32.1 Å². The molecule has 0 amide bonds. The maximum absolute atomic E-state index is 12.1. The van der Waals surface area contributed by atoms with Crippen molar-refractivity contribution in [3.63, 3.8) is 0 Å². The van der Waals surface area contributed by atoms with Gasteiger partial charge in [-0.15, -0.1) is 0 Å². The number of carbonyl (C=O) groups is 2. The third-order valence-electron chi connectivity index (χ3n) is 5.63. The van der Waals surface area contributed by atoms with E-state index in [-0.39, 0.29) is 17.5 Å². The van der Waals surface area contributed by atoms with Gasteiger partial charge in [-0.2, -0.15) is 0 Å². The van der Waals surface area contributed by atoms with Crippen LogP contribution in [0, 0.1) is 5.92 Å². The van der Waals surface area contributed by atoms with Crippen LogP contribution in [0.2, 0.25) is 0 Å². The highest BCUT2D eigenvalue weighted by Gasteiger charge is 2.27. The van der Waals surface area contributed by atoms with E-state index in [1.165, 1.54) is 70.6 Å². The Morgan fingerprint density at radius 3 is 2.04 bits per heavy atom. The number of rotatable bonds is 16. The molecule has 1 fully saturated rings. The van der Waals surface area contributed by atoms with Crippen LogP contribution in [0.1, 0.15) is 122 Å². The van der Waals surface area contributed by atoms with E-state index in [1.54, 1.807) is 0 Å². The molecule has 1 unspecified atom stereocenters. The van der Waals surface area contributed by atoms with Crippen molar-refractivity contribution in [2.75, 3.05) is 0 Å². The molecule has 1 atom stereocenters. The minimum Gasteiger partial charge on any atom is -0.299 e. The molecule has 1 saturated carbocycles. The summed E-state index contributed by atoms with van der Waals surface area (Å²) >= 11 is 0. The van der Waals surface area contributed by atoms with Gasteiger partial charge in [0.2, 0.25) is 0 Å². The Labute approximate surface area is 162 Å². The second-order valence-corrected chi connectivity index (χ2v) is 8.07. The molecule has 26 heavy (non-hydrogen) atoms. The summed E-state index contributed by atoms with van der Waals surface area (Å²) in [5.74, 6) is 0.168. The topological polar surface area (TPSA) is 34.1 Å². The van der Waals surface area contributed by atoms with Crippen LogP contribution in [-0.4, -0.2) is 11.6 Å². The van der Waals surface area contributed by atoms with Crippen molar-refractivity contribution < 1.29 is 9.59 Å². The van der Waals surface area contributed by atoms with E-state index >= 15 is 0 Å². The van der Waals surface area contributed by atoms with Crippen LogP contribution in [-0.2, 0) is 9.59 Å². The van der Waals surface area contributed by atoms with Crippen molar-refractivity contribution in [1.29, 1.82) is 0 Å². The molecule has 0 saturated heterocycles. The number of unbranched alkanes of at least 4 members (excludes halogenated alkanes) is 11. The smallest absolute Gasteiger partial charge is 0.143 e. The van der Waals surface area contributed by atoms with Crippen LogP contribution in [0.3, 0.4) is 0 Å². The van der Waals surface area contributed by atoms with Gasteiger partial charge in [-0.25, -0.2) is 0 Å². The summed E-state index contributed by atoms with van der Waals surface area (Å²) in [6.07, 6.45) is 25.4. The molecule has 2 nitrogen and oxygen atoms in total. The number of carbonyl (C=O) groups excluding carboxylic acids is 2. The first kappa shape index (κ1) is 23.1. The lowest BCUT2D eigenvalue weighted by atomic mass is 9.83. The molecule has 0 aromatic heterocycles. The maximum atomic E-state index is 12.1. The Morgan fingerprint density at radius 2 is 1.42 bits per heavy atom. The quantitative estimate of drug-likeness (QED) is 0.163. The first-order valence-corrected chi connectivity index (χ1v) is 11.5. The first-order valence-electron chi connectivity index (χ1n) is 11.5. The Kier molecular flexibility index (Phi) is 14.5. The highest BCUT2D eigenvalue weighted by Crippen LogP contribution is 2.23. The van der Waals surface area contributed by atoms with Crippen molar-refractivity contribution in [2.45, 2.75) is 122 Å². The minimum absolute atomic E-state index is 0.203. The van der Waals surface area contributed by atoms with Gasteiger partial charge in [-0.3, -0.25) is 9.59 Å². The summed E-state index contributed by atoms with van der Waals surface area (Å²) in [6.45, 7) is 2.27. The van der Waals surface area contributed by atoms with Gasteiger partial charge in [0, 0.05) is 12.8 Å². The average molecular weight is 363 g/mol. The lowest BCUT2D eigenvalue weighted by molar-refractivity contribution is -0.134. The molecule has 1 rings (SSSR count). The molecule has 1 aliphatic carbocycles. The zero-order valence-corrected chi connectivity index (χ0v) is 17.3. The predicted molar refractivity (Wildman–Crippen MR) is 111 cm³/mol. The molecule has 0 aromatic carbocycles. The molecule has 0 aromatic rings. The van der Waals surface area contributed by atoms with Gasteiger partial charge in [0.25, 0.3) is 0 Å². The summed E-state index contributed by atoms with van der Waals surface area (Å²) in [6, 6.07) is 0. The lowest BCUT2D eigenvalue weighted by Crippen LogP contribution is -2.27. The first-order chi connectivity index (χ1) is 12.8. The van der Waals surface area contributed by atoms with Crippen molar-refractivity contribution >= 4 is 11.6 Å². The highest BCUT2D eigenvalue weighted by atomic mass is 16.1. The van der Waals surface area contributed by atoms with E-state index in [0.29, 0.717) is 12.8 Å². The maximum Gasteiger partial charge on any atom is 0.143 e. The number of hydrogen-bond donors (Lipinski definition) is 0. The van der Waals surface area contributed by atoms with E-state index in [2.05, 4.69) is 19.1 Å². The molecule has 0 bridgehead atoms. The Bertz CT molecular complexity index is 397. The third kappa shape index (κ3) is 11.6. The second-order valence-electron chi connectivity index (χ2n) is 8.07. The second kappa shape index (κ2) is 16.3. The molecule has 1 aliphatic rings. The molecule has 150 valence electrons. The van der Waals surface area contributed by atoms with Gasteiger partial charge in [0.1, 0.15) is 11.6 Å². The van der Waals surface area contributed by atoms with Gasteiger partial charge >= 0.3 is 0 Å². The fourth-order valence-electron chi connectivity index (χ4n) is 3.87. The number of allylic oxidation sites excluding steroid dienone is 2. The van der Waals surface area contributed by atoms with Crippen molar-refractivity contribution in [2.24, 2.45) is 5.92 Å². The molecular formula is C24H42O2. The van der Waals surface area contributed by atoms with E-state index in [9.17, 15) is 9.59 Å². The zero-order valence-electron chi connectivity index (χ0n) is 17.3. The lowest BCUT2D eigenvalue weighted by Gasteiger charge is -2.18. The van der Waals surface area contributed by atoms with Gasteiger partial charge < -0.3 is 0 Å². The number of Topliss-reactive ketones (excluding diaryl/α,β-unsaturated/α-hetero) is 2. The normalized spacial score (nSPS) is 17.9. The molecule has 2 heteroatoms. The SMILES string of the molecule is CCCCCCCC/C=C\CCCCCCCC(=O)C1CCCCC1=O. The molecule has 0 spiro atoms. The van der Waals surface area contributed by atoms with Crippen molar-refractivity contribution in [3.8, 4) is 0 Å². The number of hydrogen-bond acceptors (Lipinski definition) is 2. The fraction of sp³-hybridized carbons (Fsp3) is 0.833. The molecular weight excluding hydrogens is 320 g/mol. The van der Waals surface area contributed by atoms with Crippen LogP contribution in [0.15, 0.2) is 12.2 Å². The molecule has 0 radical (unpaired) electrons. The average Bonchev–Trinajstić information content (AvgIpc) is 2.65. The Morgan fingerprint density at radius 1 is 0.846 bits per heavy atom. The van der Waals surface area contributed by atoms with Crippen LogP contribution >= 0.6 is 0 Å². The van der Waals surface area contributed by atoms with Crippen LogP contribution in [0.25, 0.3) is 0 Å². The van der Waals surface area contributed by atoms with Crippen LogP contribution in [0.5, 0.6) is 0 Å². The van der Waals surface area contributed by atoms with Gasteiger partial charge in [0.15, 0.2) is 0 Å². The Balaban J connectivity index is 1.85. The van der Waals surface area contributed by atoms with E-state index in [1.807, 2.05) is 0 Å². The standard InChI is InChI=1S/C24H42O2/c1-2-3-4-5-6-7-8-9-10-11-12-13-14-15-16-20-23(25)22-19-17-18-21-24(22)26/h9-10,22H,2-8,11-21H2,1H3/b10-9-. The number of ketones is 2. The summed E-state index contributed by atoms with van der Waals surface area (Å²) < 4.78 is 0. The minimum atomic E-state index is -0.250. The molecule has 0 heterocycles. The highest BCUT2D eigenvalue weighted by molar-refractivity contribution is 6.02. The largest absolute Gasteiger partial charge is 0.299 e. The Hall–Kier alpha value is -0.920. The summed E-state index contributed by atoms with van der Waals surface area (Å²) in [4.78, 5) is 23.9. The van der Waals surface area contributed by atoms with E-state index in [4.69, 9.17) is 0 Å². The van der Waals surface area contributed by atoms with Crippen molar-refractivity contribution in [3.05, 3.63) is 12.2 Å². The van der Waals surface area contributed by atoms with E-state index < -0.39 is 0 Å². The van der Waals surface area contributed by atoms with Gasteiger partial charge in [-0.05, 0) is 44.9 Å². The summed E-state index contributed by atoms with van der Waals surface area (Å²) in [5.41, 5.74) is 0. The van der Waals surface area contributed by atoms with Crippen LogP contribution < -0.4 is 0 Å². The summed E-state index contributed by atoms with van der Waals surface area (Å²) in [5, 5.41) is 0. The van der Waals surface area contributed by atoms with Crippen molar-refractivity contribution in [1.82, 2.24) is 0 Å².